The predicted molar refractivity (Wildman–Crippen MR) is 253 cm³/mol. The Morgan fingerprint density at radius 3 is 0.890 bits per heavy atom. The van der Waals surface area contributed by atoms with Gasteiger partial charge in [0, 0.05) is 0 Å². The van der Waals surface area contributed by atoms with Crippen LogP contribution in [-0.4, -0.2) is 9.97 Å². The number of fused-ring (bicyclic) bond motifs is 2. The second kappa shape index (κ2) is 19.9. The van der Waals surface area contributed by atoms with Crippen molar-refractivity contribution in [1.29, 1.82) is 21.0 Å². The molecule has 7 aromatic carbocycles. The number of nitriles is 4. The third-order valence-corrected chi connectivity index (χ3v) is 12.5. The van der Waals surface area contributed by atoms with Gasteiger partial charge in [0.2, 0.25) is 11.1 Å². The minimum absolute atomic E-state index is 0.0901. The van der Waals surface area contributed by atoms with Crippen LogP contribution in [0.2, 0.25) is 0 Å². The van der Waals surface area contributed by atoms with Crippen molar-refractivity contribution in [3.05, 3.63) is 166 Å². The Morgan fingerprint density at radius 1 is 0.329 bits per heavy atom. The zero-order chi connectivity index (χ0) is 59.8. The fraction of sp³-hybridized carbons (Fsp3) is 0.107. The Balaban J connectivity index is 1.35. The third kappa shape index (κ3) is 10.5. The van der Waals surface area contributed by atoms with Gasteiger partial charge in [-0.25, -0.2) is 9.97 Å². The highest BCUT2D eigenvalue weighted by Crippen LogP contribution is 2.50. The van der Waals surface area contributed by atoms with Crippen molar-refractivity contribution < 1.29 is 87.9 Å². The van der Waals surface area contributed by atoms with Crippen LogP contribution in [0.1, 0.15) is 33.4 Å². The van der Waals surface area contributed by atoms with E-state index in [4.69, 9.17) is 8.83 Å². The summed E-state index contributed by atoms with van der Waals surface area (Å²) in [6.07, 6.45) is -32.8. The van der Waals surface area contributed by atoms with Crippen LogP contribution in [0.15, 0.2) is 130 Å². The molecule has 26 heteroatoms. The van der Waals surface area contributed by atoms with Crippen molar-refractivity contribution in [2.45, 2.75) is 37.1 Å². The molecular formula is C56H20F18N6O2. The first-order valence-electron chi connectivity index (χ1n) is 22.6. The number of halogens is 18. The van der Waals surface area contributed by atoms with Crippen molar-refractivity contribution >= 4 is 33.3 Å². The van der Waals surface area contributed by atoms with Gasteiger partial charge in [0.15, 0.2) is 22.3 Å². The number of alkyl halides is 18. The number of hydrogen-bond donors (Lipinski definition) is 0. The summed E-state index contributed by atoms with van der Waals surface area (Å²) in [6.45, 7) is 0. The SMILES string of the molecule is N#CC(C#N)=c1nc2c(-c3ccccc3-c3ccc(-c4cc(C(F)(F)F)cc(C(F)(F)F)c4)c(C(F)(F)F)c3)c3oc(=C(C#N)C#N)nc3c(-c3ccccc3-c3ccc(-c4cc(C(F)(F)F)cc(C(F)(F)F)c4)c(C(F)(F)F)c3)c2o1. The number of rotatable bonds is 6. The Morgan fingerprint density at radius 2 is 0.622 bits per heavy atom. The molecule has 8 nitrogen and oxygen atoms in total. The molecule has 2 aromatic heterocycles. The fourth-order valence-electron chi connectivity index (χ4n) is 9.01. The predicted octanol–water partition coefficient (Wildman–Crippen LogP) is 16.5. The number of benzene rings is 7. The maximum absolute atomic E-state index is 15.1. The Labute approximate surface area is 445 Å². The molecule has 0 N–H and O–H groups in total. The van der Waals surface area contributed by atoms with Crippen molar-refractivity contribution in [1.82, 2.24) is 9.97 Å². The molecule has 0 aliphatic carbocycles. The third-order valence-electron chi connectivity index (χ3n) is 12.5. The number of aromatic nitrogens is 2. The van der Waals surface area contributed by atoms with E-state index < -0.39 is 148 Å². The zero-order valence-electron chi connectivity index (χ0n) is 39.9. The molecule has 0 unspecified atom stereocenters. The van der Waals surface area contributed by atoms with Crippen LogP contribution < -0.4 is 11.1 Å². The summed E-state index contributed by atoms with van der Waals surface area (Å²) >= 11 is 0. The second-order valence-electron chi connectivity index (χ2n) is 17.5. The van der Waals surface area contributed by atoms with Gasteiger partial charge in [-0.2, -0.15) is 100 Å². The van der Waals surface area contributed by atoms with Crippen LogP contribution in [-0.2, 0) is 37.1 Å². The molecule has 2 heterocycles. The van der Waals surface area contributed by atoms with Crippen LogP contribution >= 0.6 is 0 Å². The average molecular weight is 1150 g/mol. The van der Waals surface area contributed by atoms with Crippen LogP contribution in [0.25, 0.3) is 100 Å². The van der Waals surface area contributed by atoms with E-state index in [2.05, 4.69) is 9.97 Å². The lowest BCUT2D eigenvalue weighted by Crippen LogP contribution is -2.12. The molecule has 0 aliphatic rings. The largest absolute Gasteiger partial charge is 0.434 e. The molecule has 0 spiro atoms. The molecule has 0 fully saturated rings. The smallest absolute Gasteiger partial charge is 0.417 e. The van der Waals surface area contributed by atoms with E-state index in [-0.39, 0.29) is 69.8 Å². The summed E-state index contributed by atoms with van der Waals surface area (Å²) < 4.78 is 270. The second-order valence-corrected chi connectivity index (χ2v) is 17.5. The highest BCUT2D eigenvalue weighted by molar-refractivity contribution is 6.18. The maximum Gasteiger partial charge on any atom is 0.417 e. The van der Waals surface area contributed by atoms with Crippen molar-refractivity contribution in [3.8, 4) is 91.0 Å². The Kier molecular flexibility index (Phi) is 13.8. The lowest BCUT2D eigenvalue weighted by Gasteiger charge is -2.19. The first-order chi connectivity index (χ1) is 38.3. The molecule has 0 radical (unpaired) electrons. The quantitative estimate of drug-likeness (QED) is 0.150. The monoisotopic (exact) mass is 1150 g/mol. The molecule has 0 saturated carbocycles. The summed E-state index contributed by atoms with van der Waals surface area (Å²) in [5.74, 6) is 0. The van der Waals surface area contributed by atoms with Gasteiger partial charge in [-0.15, -0.1) is 0 Å². The van der Waals surface area contributed by atoms with Gasteiger partial charge in [-0.1, -0.05) is 72.8 Å². The van der Waals surface area contributed by atoms with Crippen LogP contribution in [0, 0.1) is 45.3 Å². The van der Waals surface area contributed by atoms with E-state index in [1.807, 2.05) is 0 Å². The van der Waals surface area contributed by atoms with Gasteiger partial charge in [0.25, 0.3) is 0 Å². The molecule has 0 bridgehead atoms. The minimum atomic E-state index is -5.50. The van der Waals surface area contributed by atoms with Crippen molar-refractivity contribution in [2.75, 3.05) is 0 Å². The minimum Gasteiger partial charge on any atom is -0.434 e. The highest BCUT2D eigenvalue weighted by atomic mass is 19.4. The lowest BCUT2D eigenvalue weighted by molar-refractivity contribution is -0.144. The standard InChI is InChI=1S/C56H20F18N6O2/c57-51(58,59)31-13-27(14-32(19-31)52(60,61)62)37-11-9-25(17-41(37)55(69,70)71)35-5-1-3-7-39(35)43-45-48(82-49(79-45)29(21-75)22-76)44(46-47(43)81-50(80-46)30(23-77)24-78)40-8-4-2-6-36(40)26-10-12-38(42(18-26)56(72,73)74)28-15-33(53(63,64)65)20-34(16-28)54(66,67)68/h1-20H. The molecular weight excluding hydrogens is 1130 g/mol. The number of oxazole rings is 2. The van der Waals surface area contributed by atoms with Crippen LogP contribution in [0.5, 0.6) is 0 Å². The van der Waals surface area contributed by atoms with Crippen LogP contribution in [0.4, 0.5) is 79.0 Å². The average Bonchev–Trinajstić information content (AvgIpc) is 2.36. The first-order valence-corrected chi connectivity index (χ1v) is 22.6. The molecule has 9 rings (SSSR count). The van der Waals surface area contributed by atoms with Gasteiger partial charge in [-0.05, 0) is 104 Å². The van der Waals surface area contributed by atoms with Gasteiger partial charge >= 0.3 is 37.1 Å². The van der Waals surface area contributed by atoms with Gasteiger partial charge < -0.3 is 8.83 Å². The molecule has 412 valence electrons. The molecule has 82 heavy (non-hydrogen) atoms. The Hall–Kier alpha value is -10.1. The molecule has 0 amide bonds. The highest BCUT2D eigenvalue weighted by Gasteiger charge is 2.42. The Bertz CT molecular complexity index is 4000. The number of hydrogen-bond acceptors (Lipinski definition) is 8. The molecule has 0 aliphatic heterocycles. The molecule has 9 aromatic rings. The van der Waals surface area contributed by atoms with E-state index in [1.165, 1.54) is 48.5 Å². The molecule has 0 atom stereocenters. The van der Waals surface area contributed by atoms with Gasteiger partial charge in [0.05, 0.1) is 44.5 Å². The summed E-state index contributed by atoms with van der Waals surface area (Å²) in [7, 11) is 0. The fourth-order valence-corrected chi connectivity index (χ4v) is 9.01. The van der Waals surface area contributed by atoms with E-state index >= 15 is 26.3 Å². The topological polar surface area (TPSA) is 147 Å². The van der Waals surface area contributed by atoms with Crippen molar-refractivity contribution in [3.63, 3.8) is 0 Å². The van der Waals surface area contributed by atoms with Gasteiger partial charge in [-0.3, -0.25) is 0 Å². The lowest BCUT2D eigenvalue weighted by atomic mass is 9.87. The normalized spacial score (nSPS) is 12.5. The van der Waals surface area contributed by atoms with Crippen LogP contribution in [0.3, 0.4) is 0 Å². The summed E-state index contributed by atoms with van der Waals surface area (Å²) in [5, 5.41) is 39.9. The first kappa shape index (κ1) is 56.6. The van der Waals surface area contributed by atoms with E-state index in [0.717, 1.165) is 12.1 Å². The molecule has 0 saturated heterocycles. The summed E-state index contributed by atoms with van der Waals surface area (Å²) in [6, 6.07) is 19.8. The maximum atomic E-state index is 15.1. The van der Waals surface area contributed by atoms with E-state index in [1.54, 1.807) is 24.3 Å². The van der Waals surface area contributed by atoms with E-state index in [9.17, 15) is 73.7 Å². The summed E-state index contributed by atoms with van der Waals surface area (Å²) in [5.41, 5.74) is -23.7. The van der Waals surface area contributed by atoms with E-state index in [0.29, 0.717) is 24.3 Å². The number of nitrogens with zero attached hydrogens (tertiary/aromatic N) is 6. The summed E-state index contributed by atoms with van der Waals surface area (Å²) in [4.78, 5) is 8.72. The van der Waals surface area contributed by atoms with Crippen molar-refractivity contribution in [2.24, 2.45) is 0 Å². The zero-order valence-corrected chi connectivity index (χ0v) is 39.9. The van der Waals surface area contributed by atoms with Gasteiger partial charge in [0.1, 0.15) is 35.3 Å².